The lowest BCUT2D eigenvalue weighted by Crippen LogP contribution is -2.57. The van der Waals surface area contributed by atoms with E-state index < -0.39 is 5.97 Å². The van der Waals surface area contributed by atoms with Gasteiger partial charge in [-0.25, -0.2) is 0 Å². The van der Waals surface area contributed by atoms with Gasteiger partial charge in [0.2, 0.25) is 0 Å². The Morgan fingerprint density at radius 1 is 1.12 bits per heavy atom. The molecule has 33 heavy (non-hydrogen) atoms. The number of aromatic hydroxyl groups is 1. The van der Waals surface area contributed by atoms with Crippen molar-refractivity contribution in [3.63, 3.8) is 0 Å². The molecule has 0 saturated carbocycles. The van der Waals surface area contributed by atoms with Crippen molar-refractivity contribution in [1.82, 2.24) is 14.7 Å². The van der Waals surface area contributed by atoms with Crippen molar-refractivity contribution >= 4 is 11.9 Å². The van der Waals surface area contributed by atoms with Gasteiger partial charge in [0.15, 0.2) is 0 Å². The molecule has 7 heteroatoms. The average Bonchev–Trinajstić information content (AvgIpc) is 2.76. The highest BCUT2D eigenvalue weighted by Gasteiger charge is 2.34. The highest BCUT2D eigenvalue weighted by Crippen LogP contribution is 2.35. The monoisotopic (exact) mass is 451 g/mol. The van der Waals surface area contributed by atoms with Crippen LogP contribution in [0.4, 0.5) is 0 Å². The van der Waals surface area contributed by atoms with Gasteiger partial charge in [0.05, 0.1) is 6.04 Å². The quantitative estimate of drug-likeness (QED) is 0.600. The summed E-state index contributed by atoms with van der Waals surface area (Å²) in [4.78, 5) is 29.9. The molecular formula is C26H33N3O4. The van der Waals surface area contributed by atoms with E-state index >= 15 is 0 Å². The summed E-state index contributed by atoms with van der Waals surface area (Å²) in [7, 11) is 1.48. The Hall–Kier alpha value is -3.16. The molecule has 1 aliphatic heterocycles. The Kier molecular flexibility index (Phi) is 7.89. The van der Waals surface area contributed by atoms with Crippen LogP contribution in [0.2, 0.25) is 0 Å². The summed E-state index contributed by atoms with van der Waals surface area (Å²) in [5.41, 5.74) is 2.30. The molecule has 7 nitrogen and oxygen atoms in total. The number of aliphatic carboxylic acids is 1. The topological polar surface area (TPSA) is 84.3 Å². The highest BCUT2D eigenvalue weighted by atomic mass is 16.4. The first-order valence-corrected chi connectivity index (χ1v) is 11.2. The van der Waals surface area contributed by atoms with Gasteiger partial charge in [0.25, 0.3) is 5.91 Å². The average molecular weight is 452 g/mol. The van der Waals surface area contributed by atoms with Crippen molar-refractivity contribution in [2.45, 2.75) is 32.0 Å². The predicted octanol–water partition coefficient (Wildman–Crippen LogP) is 3.22. The number of carboxylic acid groups (broad SMARTS) is 1. The van der Waals surface area contributed by atoms with Gasteiger partial charge < -0.3 is 15.1 Å². The van der Waals surface area contributed by atoms with E-state index in [-0.39, 0.29) is 30.3 Å². The number of phenols is 1. The Labute approximate surface area is 195 Å². The maximum atomic E-state index is 12.8. The van der Waals surface area contributed by atoms with E-state index in [2.05, 4.69) is 30.2 Å². The van der Waals surface area contributed by atoms with Gasteiger partial charge in [0, 0.05) is 44.3 Å². The number of carboxylic acids is 1. The van der Waals surface area contributed by atoms with Gasteiger partial charge in [-0.3, -0.25) is 19.4 Å². The molecule has 0 aliphatic carbocycles. The van der Waals surface area contributed by atoms with Crippen LogP contribution in [-0.4, -0.2) is 82.1 Å². The van der Waals surface area contributed by atoms with Crippen molar-refractivity contribution in [3.8, 4) is 5.75 Å². The second-order valence-corrected chi connectivity index (χ2v) is 8.82. The minimum absolute atomic E-state index is 0.169. The maximum Gasteiger partial charge on any atom is 0.323 e. The van der Waals surface area contributed by atoms with Crippen LogP contribution >= 0.6 is 0 Å². The molecule has 2 aromatic carbocycles. The van der Waals surface area contributed by atoms with Crippen molar-refractivity contribution < 1.29 is 19.8 Å². The number of benzene rings is 2. The molecule has 0 radical (unpaired) electrons. The van der Waals surface area contributed by atoms with Crippen LogP contribution in [0.5, 0.6) is 5.75 Å². The zero-order chi connectivity index (χ0) is 24.1. The molecule has 2 N–H and O–H groups in total. The van der Waals surface area contributed by atoms with Crippen molar-refractivity contribution in [2.75, 3.05) is 33.2 Å². The molecule has 1 fully saturated rings. The Bertz CT molecular complexity index is 1010. The van der Waals surface area contributed by atoms with E-state index in [1.54, 1.807) is 18.2 Å². The number of phenolic OH excluding ortho intramolecular Hbond substituents is 1. The highest BCUT2D eigenvalue weighted by molar-refractivity contribution is 5.95. The number of carbonyl (C=O) groups excluding carboxylic acids is 1. The molecule has 0 bridgehead atoms. The predicted molar refractivity (Wildman–Crippen MR) is 128 cm³/mol. The maximum absolute atomic E-state index is 12.8. The van der Waals surface area contributed by atoms with E-state index in [0.717, 1.165) is 30.8 Å². The summed E-state index contributed by atoms with van der Waals surface area (Å²) in [5.74, 6) is -1.21. The van der Waals surface area contributed by atoms with Crippen LogP contribution in [0.3, 0.4) is 0 Å². The van der Waals surface area contributed by atoms with Gasteiger partial charge in [-0.05, 0) is 49.2 Å². The zero-order valence-electron chi connectivity index (χ0n) is 19.5. The number of amides is 1. The summed E-state index contributed by atoms with van der Waals surface area (Å²) in [5, 5.41) is 19.2. The molecule has 176 valence electrons. The van der Waals surface area contributed by atoms with Crippen LogP contribution in [0, 0.1) is 0 Å². The normalized spacial score (nSPS) is 20.2. The smallest absolute Gasteiger partial charge is 0.323 e. The van der Waals surface area contributed by atoms with Gasteiger partial charge in [-0.1, -0.05) is 30.3 Å². The van der Waals surface area contributed by atoms with Gasteiger partial charge in [-0.2, -0.15) is 0 Å². The first kappa shape index (κ1) is 24.5. The van der Waals surface area contributed by atoms with Crippen LogP contribution in [-0.2, 0) is 4.79 Å². The third-order valence-corrected chi connectivity index (χ3v) is 6.21. The molecular weight excluding hydrogens is 418 g/mol. The van der Waals surface area contributed by atoms with Crippen LogP contribution < -0.4 is 0 Å². The first-order chi connectivity index (χ1) is 15.7. The van der Waals surface area contributed by atoms with Crippen molar-refractivity contribution in [1.29, 1.82) is 0 Å². The fraction of sp³-hybridized carbons (Fsp3) is 0.385. The number of hydrogen-bond donors (Lipinski definition) is 2. The van der Waals surface area contributed by atoms with E-state index in [1.165, 1.54) is 11.9 Å². The number of piperazine rings is 1. The standard InChI is InChI=1S/C26H33N3O4/c1-5-12-28-15-19(3)29(16-18(28)2)25(21-9-7-11-23(30)14-21)20-8-6-10-22(13-20)26(33)27(4)17-24(31)32/h5-11,13-14,18-19,25,30H,1,12,15-17H2,2-4H3,(H,31,32)/t18-,19+,25?/m1/s1. The molecule has 1 aliphatic rings. The van der Waals surface area contributed by atoms with Crippen molar-refractivity contribution in [2.24, 2.45) is 0 Å². The summed E-state index contributed by atoms with van der Waals surface area (Å²) < 4.78 is 0. The Morgan fingerprint density at radius 2 is 1.79 bits per heavy atom. The third-order valence-electron chi connectivity index (χ3n) is 6.21. The van der Waals surface area contributed by atoms with E-state index in [9.17, 15) is 14.7 Å². The van der Waals surface area contributed by atoms with Gasteiger partial charge >= 0.3 is 5.97 Å². The Morgan fingerprint density at radius 3 is 2.42 bits per heavy atom. The lowest BCUT2D eigenvalue weighted by atomic mass is 9.92. The number of rotatable bonds is 8. The molecule has 3 rings (SSSR count). The molecule has 1 saturated heterocycles. The number of nitrogens with zero attached hydrogens (tertiary/aromatic N) is 3. The summed E-state index contributed by atoms with van der Waals surface area (Å²) in [6.07, 6.45) is 1.92. The molecule has 0 aromatic heterocycles. The van der Waals surface area contributed by atoms with E-state index in [4.69, 9.17) is 5.11 Å². The molecule has 1 heterocycles. The van der Waals surface area contributed by atoms with E-state index in [1.807, 2.05) is 36.4 Å². The third kappa shape index (κ3) is 5.80. The van der Waals surface area contributed by atoms with Crippen LogP contribution in [0.25, 0.3) is 0 Å². The second kappa shape index (κ2) is 10.6. The SMILES string of the molecule is C=CCN1C[C@H](C)N(C(c2cccc(O)c2)c2cccc(C(=O)N(C)CC(=O)O)c2)C[C@H]1C. The van der Waals surface area contributed by atoms with Crippen LogP contribution in [0.1, 0.15) is 41.4 Å². The lowest BCUT2D eigenvalue weighted by molar-refractivity contribution is -0.137. The summed E-state index contributed by atoms with van der Waals surface area (Å²) >= 11 is 0. The van der Waals surface area contributed by atoms with Gasteiger partial charge in [-0.15, -0.1) is 6.58 Å². The minimum Gasteiger partial charge on any atom is -0.508 e. The molecule has 2 aromatic rings. The number of carbonyl (C=O) groups is 2. The largest absolute Gasteiger partial charge is 0.508 e. The van der Waals surface area contributed by atoms with Crippen LogP contribution in [0.15, 0.2) is 61.2 Å². The minimum atomic E-state index is -1.06. The summed E-state index contributed by atoms with van der Waals surface area (Å²) in [6.45, 7) is 10.4. The molecule has 0 spiro atoms. The molecule has 1 unspecified atom stereocenters. The number of likely N-dealkylation sites (N-methyl/N-ethyl adjacent to an activating group) is 1. The number of hydrogen-bond acceptors (Lipinski definition) is 5. The Balaban J connectivity index is 2.00. The summed E-state index contributed by atoms with van der Waals surface area (Å²) in [6, 6.07) is 15.0. The lowest BCUT2D eigenvalue weighted by Gasteiger charge is -2.47. The van der Waals surface area contributed by atoms with E-state index in [0.29, 0.717) is 11.6 Å². The fourth-order valence-corrected chi connectivity index (χ4v) is 4.61. The molecule has 1 amide bonds. The van der Waals surface area contributed by atoms with Crippen molar-refractivity contribution in [3.05, 3.63) is 77.9 Å². The second-order valence-electron chi connectivity index (χ2n) is 8.82. The fourth-order valence-electron chi connectivity index (χ4n) is 4.61. The molecule has 3 atom stereocenters. The van der Waals surface area contributed by atoms with Gasteiger partial charge in [0.1, 0.15) is 12.3 Å². The zero-order valence-corrected chi connectivity index (χ0v) is 19.5. The first-order valence-electron chi connectivity index (χ1n) is 11.2.